The molecule has 0 bridgehead atoms. The molecule has 0 saturated heterocycles. The molecule has 3 nitrogen and oxygen atoms in total. The van der Waals surface area contributed by atoms with Crippen LogP contribution in [0, 0.1) is 6.92 Å². The van der Waals surface area contributed by atoms with Gasteiger partial charge < -0.3 is 10.8 Å². The van der Waals surface area contributed by atoms with Gasteiger partial charge in [-0.25, -0.2) is 0 Å². The smallest absolute Gasteiger partial charge is 0.323 e. The number of aliphatic carboxylic acids is 1. The lowest BCUT2D eigenvalue weighted by Crippen LogP contribution is -2.41. The van der Waals surface area contributed by atoms with Gasteiger partial charge in [0.25, 0.3) is 0 Å². The van der Waals surface area contributed by atoms with Gasteiger partial charge in [-0.3, -0.25) is 4.79 Å². The van der Waals surface area contributed by atoms with Gasteiger partial charge in [0.15, 0.2) is 0 Å². The summed E-state index contributed by atoms with van der Waals surface area (Å²) < 4.78 is 0. The van der Waals surface area contributed by atoms with Crippen molar-refractivity contribution in [2.45, 2.75) is 12.5 Å². The second-order valence-electron chi connectivity index (χ2n) is 1.72. The molecule has 0 spiro atoms. The van der Waals surface area contributed by atoms with Crippen molar-refractivity contribution in [1.29, 1.82) is 0 Å². The van der Waals surface area contributed by atoms with Gasteiger partial charge in [-0.2, -0.15) is 0 Å². The molecule has 0 aliphatic rings. The van der Waals surface area contributed by atoms with Crippen LogP contribution in [0.15, 0.2) is 0 Å². The summed E-state index contributed by atoms with van der Waals surface area (Å²) in [5.41, 5.74) is 3.63. The first-order valence-corrected chi connectivity index (χ1v) is 1.82. The second-order valence-corrected chi connectivity index (χ2v) is 1.72. The van der Waals surface area contributed by atoms with Crippen molar-refractivity contribution in [2.24, 2.45) is 5.73 Å². The summed E-state index contributed by atoms with van der Waals surface area (Å²) in [6.45, 7) is 4.48. The van der Waals surface area contributed by atoms with Crippen LogP contribution < -0.4 is 5.73 Å². The topological polar surface area (TPSA) is 63.3 Å². The van der Waals surface area contributed by atoms with Gasteiger partial charge >= 0.3 is 5.97 Å². The zero-order valence-corrected chi connectivity index (χ0v) is 4.14. The van der Waals surface area contributed by atoms with E-state index in [0.29, 0.717) is 0 Å². The van der Waals surface area contributed by atoms with Crippen LogP contribution in [0.1, 0.15) is 6.92 Å². The lowest BCUT2D eigenvalue weighted by atomic mass is 10.1. The number of rotatable bonds is 1. The Kier molecular flexibility index (Phi) is 1.38. The van der Waals surface area contributed by atoms with Crippen LogP contribution in [-0.4, -0.2) is 16.6 Å². The Labute approximate surface area is 42.1 Å². The third kappa shape index (κ3) is 2.17. The molecule has 0 rings (SSSR count). The Balaban J connectivity index is 3.79. The van der Waals surface area contributed by atoms with E-state index in [4.69, 9.17) is 10.8 Å². The molecule has 0 amide bonds. The van der Waals surface area contributed by atoms with Gasteiger partial charge in [0.05, 0.1) is 0 Å². The van der Waals surface area contributed by atoms with E-state index < -0.39 is 11.5 Å². The highest BCUT2D eigenvalue weighted by atomic mass is 16.4. The normalized spacial score (nSPS) is 11.3. The van der Waals surface area contributed by atoms with Gasteiger partial charge in [0.2, 0.25) is 0 Å². The molecule has 0 aliphatic carbocycles. The molecule has 3 N–H and O–H groups in total. The summed E-state index contributed by atoms with van der Waals surface area (Å²) in [6, 6.07) is 0. The molecule has 1 unspecified atom stereocenters. The fourth-order valence-corrected chi connectivity index (χ4v) is 0. The van der Waals surface area contributed by atoms with Crippen molar-refractivity contribution >= 4 is 5.97 Å². The zero-order chi connectivity index (χ0) is 6.08. The minimum Gasteiger partial charge on any atom is -0.480 e. The van der Waals surface area contributed by atoms with E-state index in [2.05, 4.69) is 6.92 Å². The average Bonchev–Trinajstić information content (AvgIpc) is 1.31. The molecule has 0 aromatic carbocycles. The van der Waals surface area contributed by atoms with E-state index in [1.165, 1.54) is 6.92 Å². The van der Waals surface area contributed by atoms with Crippen molar-refractivity contribution in [3.8, 4) is 0 Å². The summed E-state index contributed by atoms with van der Waals surface area (Å²) >= 11 is 0. The maximum atomic E-state index is 9.83. The van der Waals surface area contributed by atoms with Gasteiger partial charge in [-0.15, -0.1) is 0 Å². The molecule has 0 aliphatic heterocycles. The average molecular weight is 102 g/mol. The highest BCUT2D eigenvalue weighted by Gasteiger charge is 2.19. The molecule has 41 valence electrons. The molecule has 7 heavy (non-hydrogen) atoms. The van der Waals surface area contributed by atoms with E-state index in [-0.39, 0.29) is 0 Å². The molecule has 1 radical (unpaired) electrons. The molecular weight excluding hydrogens is 94.0 g/mol. The maximum Gasteiger partial charge on any atom is 0.323 e. The fraction of sp³-hybridized carbons (Fsp3) is 0.500. The van der Waals surface area contributed by atoms with Gasteiger partial charge in [0.1, 0.15) is 5.54 Å². The summed E-state index contributed by atoms with van der Waals surface area (Å²) in [7, 11) is 0. The fourth-order valence-electron chi connectivity index (χ4n) is 0. The number of carboxylic acids is 1. The number of hydrogen-bond donors (Lipinski definition) is 2. The van der Waals surface area contributed by atoms with Crippen LogP contribution in [0.3, 0.4) is 0 Å². The minimum absolute atomic E-state index is 1.09. The van der Waals surface area contributed by atoms with Crippen molar-refractivity contribution < 1.29 is 9.90 Å². The molecule has 0 saturated carbocycles. The standard InChI is InChI=1S/C4H8NO2/c1-4(2,5)3(6)7/h1,5H2,2H3,(H,6,7). The Morgan fingerprint density at radius 1 is 2.00 bits per heavy atom. The van der Waals surface area contributed by atoms with E-state index in [0.717, 1.165) is 0 Å². The molecule has 3 heteroatoms. The molecule has 1 atom stereocenters. The predicted octanol–water partition coefficient (Wildman–Crippen LogP) is -0.378. The van der Waals surface area contributed by atoms with Crippen molar-refractivity contribution in [3.05, 3.63) is 6.92 Å². The van der Waals surface area contributed by atoms with Crippen LogP contribution in [0.2, 0.25) is 0 Å². The molecular formula is C4H8NO2. The molecule has 0 aromatic rings. The van der Waals surface area contributed by atoms with E-state index in [1.54, 1.807) is 0 Å². The van der Waals surface area contributed by atoms with Gasteiger partial charge in [-0.05, 0) is 13.8 Å². The Morgan fingerprint density at radius 3 is 2.14 bits per heavy atom. The SMILES string of the molecule is [CH2]C(C)(N)C(=O)O. The summed E-state index contributed by atoms with van der Waals surface area (Å²) in [6.07, 6.45) is 0. The summed E-state index contributed by atoms with van der Waals surface area (Å²) in [5.74, 6) is -1.09. The van der Waals surface area contributed by atoms with Crippen LogP contribution in [0.5, 0.6) is 0 Å². The predicted molar refractivity (Wildman–Crippen MR) is 25.6 cm³/mol. The van der Waals surface area contributed by atoms with Crippen LogP contribution in [0.25, 0.3) is 0 Å². The number of nitrogens with two attached hydrogens (primary N) is 1. The zero-order valence-electron chi connectivity index (χ0n) is 4.14. The van der Waals surface area contributed by atoms with E-state index >= 15 is 0 Å². The van der Waals surface area contributed by atoms with Gasteiger partial charge in [-0.1, -0.05) is 0 Å². The number of carbonyl (C=O) groups is 1. The Hall–Kier alpha value is -0.570. The lowest BCUT2D eigenvalue weighted by molar-refractivity contribution is -0.140. The largest absolute Gasteiger partial charge is 0.480 e. The Morgan fingerprint density at radius 2 is 2.14 bits per heavy atom. The number of hydrogen-bond acceptors (Lipinski definition) is 2. The van der Waals surface area contributed by atoms with Gasteiger partial charge in [0, 0.05) is 0 Å². The highest BCUT2D eigenvalue weighted by Crippen LogP contribution is 1.92. The van der Waals surface area contributed by atoms with Crippen LogP contribution in [-0.2, 0) is 4.79 Å². The molecule has 0 fully saturated rings. The van der Waals surface area contributed by atoms with E-state index in [1.807, 2.05) is 0 Å². The minimum atomic E-state index is -1.33. The summed E-state index contributed by atoms with van der Waals surface area (Å²) in [4.78, 5) is 9.83. The molecule has 0 aromatic heterocycles. The maximum absolute atomic E-state index is 9.83. The van der Waals surface area contributed by atoms with Crippen molar-refractivity contribution in [1.82, 2.24) is 0 Å². The third-order valence-electron chi connectivity index (χ3n) is 0.489. The third-order valence-corrected chi connectivity index (χ3v) is 0.489. The lowest BCUT2D eigenvalue weighted by Gasteiger charge is -2.08. The van der Waals surface area contributed by atoms with Crippen molar-refractivity contribution in [3.63, 3.8) is 0 Å². The van der Waals surface area contributed by atoms with Crippen molar-refractivity contribution in [2.75, 3.05) is 0 Å². The summed E-state index contributed by atoms with van der Waals surface area (Å²) in [5, 5.41) is 8.06. The first kappa shape index (κ1) is 6.43. The first-order valence-electron chi connectivity index (χ1n) is 1.82. The molecule has 0 heterocycles. The monoisotopic (exact) mass is 102 g/mol. The van der Waals surface area contributed by atoms with Crippen LogP contribution >= 0.6 is 0 Å². The van der Waals surface area contributed by atoms with E-state index in [9.17, 15) is 4.79 Å². The Bertz CT molecular complexity index is 82.2. The second kappa shape index (κ2) is 1.50. The number of carboxylic acid groups (broad SMARTS) is 1. The quantitative estimate of drug-likeness (QED) is 0.474. The van der Waals surface area contributed by atoms with Crippen LogP contribution in [0.4, 0.5) is 0 Å². The first-order chi connectivity index (χ1) is 2.94. The highest BCUT2D eigenvalue weighted by molar-refractivity contribution is 5.78.